The largest absolute Gasteiger partial charge is 0.336 e. The summed E-state index contributed by atoms with van der Waals surface area (Å²) in [6, 6.07) is 2.02. The van der Waals surface area contributed by atoms with Crippen molar-refractivity contribution in [1.82, 2.24) is 9.80 Å². The SMILES string of the molecule is NCC#Cc1cc(C(=O)N2CCN3C(=O)CCC3C2)cs1. The molecular weight excluding hydrogens is 286 g/mol. The van der Waals surface area contributed by atoms with Crippen LogP contribution in [0.1, 0.15) is 28.1 Å². The van der Waals surface area contributed by atoms with Gasteiger partial charge in [0.05, 0.1) is 17.0 Å². The molecule has 3 heterocycles. The number of piperazine rings is 1. The summed E-state index contributed by atoms with van der Waals surface area (Å²) in [7, 11) is 0. The van der Waals surface area contributed by atoms with E-state index in [4.69, 9.17) is 5.73 Å². The lowest BCUT2D eigenvalue weighted by Crippen LogP contribution is -2.53. The molecule has 2 aliphatic heterocycles. The molecule has 6 heteroatoms. The number of thiophene rings is 1. The highest BCUT2D eigenvalue weighted by atomic mass is 32.1. The maximum atomic E-state index is 12.5. The minimum absolute atomic E-state index is 0.0334. The monoisotopic (exact) mass is 303 g/mol. The Hall–Kier alpha value is -1.84. The van der Waals surface area contributed by atoms with Crippen LogP contribution in [-0.4, -0.2) is 53.8 Å². The van der Waals surface area contributed by atoms with Crippen LogP contribution < -0.4 is 5.73 Å². The van der Waals surface area contributed by atoms with Crippen LogP contribution in [0.2, 0.25) is 0 Å². The second-order valence-electron chi connectivity index (χ2n) is 5.24. The third kappa shape index (κ3) is 2.80. The van der Waals surface area contributed by atoms with Gasteiger partial charge in [-0.15, -0.1) is 11.3 Å². The van der Waals surface area contributed by atoms with E-state index in [1.54, 1.807) is 0 Å². The Labute approximate surface area is 127 Å². The van der Waals surface area contributed by atoms with Crippen molar-refractivity contribution in [3.8, 4) is 11.8 Å². The summed E-state index contributed by atoms with van der Waals surface area (Å²) < 4.78 is 0. The van der Waals surface area contributed by atoms with Crippen LogP contribution in [0, 0.1) is 11.8 Å². The minimum Gasteiger partial charge on any atom is -0.336 e. The molecule has 2 saturated heterocycles. The van der Waals surface area contributed by atoms with Crippen LogP contribution in [0.5, 0.6) is 0 Å². The van der Waals surface area contributed by atoms with E-state index in [0.717, 1.165) is 11.3 Å². The average molecular weight is 303 g/mol. The molecule has 2 N–H and O–H groups in total. The lowest BCUT2D eigenvalue weighted by molar-refractivity contribution is -0.130. The summed E-state index contributed by atoms with van der Waals surface area (Å²) in [5.41, 5.74) is 6.02. The number of rotatable bonds is 1. The van der Waals surface area contributed by atoms with Gasteiger partial charge in [-0.25, -0.2) is 0 Å². The van der Waals surface area contributed by atoms with E-state index < -0.39 is 0 Å². The molecule has 1 aromatic heterocycles. The molecule has 2 aliphatic rings. The number of carbonyl (C=O) groups is 2. The Morgan fingerprint density at radius 1 is 1.48 bits per heavy atom. The van der Waals surface area contributed by atoms with Crippen molar-refractivity contribution >= 4 is 23.2 Å². The maximum Gasteiger partial charge on any atom is 0.254 e. The average Bonchev–Trinajstić information content (AvgIpc) is 3.11. The summed E-state index contributed by atoms with van der Waals surface area (Å²) in [5.74, 6) is 5.99. The molecule has 2 amide bonds. The molecule has 1 aromatic rings. The molecule has 0 aromatic carbocycles. The summed E-state index contributed by atoms with van der Waals surface area (Å²) in [6.07, 6.45) is 1.48. The van der Waals surface area contributed by atoms with E-state index in [9.17, 15) is 9.59 Å². The topological polar surface area (TPSA) is 66.6 Å². The highest BCUT2D eigenvalue weighted by molar-refractivity contribution is 7.10. The van der Waals surface area contributed by atoms with Crippen LogP contribution in [0.15, 0.2) is 11.4 Å². The van der Waals surface area contributed by atoms with Crippen molar-refractivity contribution in [2.75, 3.05) is 26.2 Å². The van der Waals surface area contributed by atoms with Crippen LogP contribution in [0.3, 0.4) is 0 Å². The Kier molecular flexibility index (Phi) is 3.95. The smallest absolute Gasteiger partial charge is 0.254 e. The van der Waals surface area contributed by atoms with Crippen molar-refractivity contribution in [2.45, 2.75) is 18.9 Å². The van der Waals surface area contributed by atoms with Crippen molar-refractivity contribution in [3.63, 3.8) is 0 Å². The van der Waals surface area contributed by atoms with Crippen molar-refractivity contribution in [2.24, 2.45) is 5.73 Å². The standard InChI is InChI=1S/C15H17N3O2S/c16-5-1-2-13-8-11(10-21-13)15(20)17-6-7-18-12(9-17)3-4-14(18)19/h8,10,12H,3-7,9,16H2. The Morgan fingerprint density at radius 3 is 3.14 bits per heavy atom. The molecule has 21 heavy (non-hydrogen) atoms. The fraction of sp³-hybridized carbons (Fsp3) is 0.467. The van der Waals surface area contributed by atoms with Crippen LogP contribution in [-0.2, 0) is 4.79 Å². The quantitative estimate of drug-likeness (QED) is 0.769. The van der Waals surface area contributed by atoms with Crippen molar-refractivity contribution < 1.29 is 9.59 Å². The number of fused-ring (bicyclic) bond motifs is 1. The Morgan fingerprint density at radius 2 is 2.33 bits per heavy atom. The molecule has 0 aliphatic carbocycles. The number of nitrogens with two attached hydrogens (primary N) is 1. The number of amides is 2. The first-order valence-corrected chi connectivity index (χ1v) is 7.93. The lowest BCUT2D eigenvalue weighted by Gasteiger charge is -2.37. The number of carbonyl (C=O) groups excluding carboxylic acids is 2. The van der Waals surface area contributed by atoms with E-state index in [2.05, 4.69) is 11.8 Å². The van der Waals surface area contributed by atoms with Crippen LogP contribution in [0.25, 0.3) is 0 Å². The van der Waals surface area contributed by atoms with Gasteiger partial charge in [0, 0.05) is 37.5 Å². The van der Waals surface area contributed by atoms with E-state index in [0.29, 0.717) is 38.2 Å². The molecule has 0 spiro atoms. The Bertz CT molecular complexity index is 628. The zero-order chi connectivity index (χ0) is 14.8. The summed E-state index contributed by atoms with van der Waals surface area (Å²) in [5, 5.41) is 1.84. The number of hydrogen-bond acceptors (Lipinski definition) is 4. The molecule has 0 saturated carbocycles. The fourth-order valence-electron chi connectivity index (χ4n) is 2.88. The molecule has 3 rings (SSSR count). The summed E-state index contributed by atoms with van der Waals surface area (Å²) in [4.78, 5) is 28.8. The van der Waals surface area contributed by atoms with E-state index in [1.807, 2.05) is 21.2 Å². The highest BCUT2D eigenvalue weighted by Gasteiger charge is 2.37. The van der Waals surface area contributed by atoms with Gasteiger partial charge in [-0.05, 0) is 12.5 Å². The first kappa shape index (κ1) is 14.1. The summed E-state index contributed by atoms with van der Waals surface area (Å²) in [6.45, 7) is 2.23. The van der Waals surface area contributed by atoms with Gasteiger partial charge >= 0.3 is 0 Å². The van der Waals surface area contributed by atoms with Gasteiger partial charge in [-0.1, -0.05) is 11.8 Å². The van der Waals surface area contributed by atoms with E-state index in [1.165, 1.54) is 11.3 Å². The third-order valence-electron chi connectivity index (χ3n) is 3.94. The van der Waals surface area contributed by atoms with Crippen LogP contribution >= 0.6 is 11.3 Å². The molecule has 5 nitrogen and oxygen atoms in total. The molecule has 110 valence electrons. The van der Waals surface area contributed by atoms with Crippen molar-refractivity contribution in [1.29, 1.82) is 0 Å². The normalized spacial score (nSPS) is 21.0. The van der Waals surface area contributed by atoms with Gasteiger partial charge in [0.25, 0.3) is 5.91 Å². The molecule has 0 bridgehead atoms. The molecule has 0 radical (unpaired) electrons. The lowest BCUT2D eigenvalue weighted by atomic mass is 10.1. The van der Waals surface area contributed by atoms with Gasteiger partial charge in [0.2, 0.25) is 5.91 Å². The van der Waals surface area contributed by atoms with Gasteiger partial charge < -0.3 is 15.5 Å². The number of nitrogens with zero attached hydrogens (tertiary/aromatic N) is 2. The number of hydrogen-bond donors (Lipinski definition) is 1. The zero-order valence-electron chi connectivity index (χ0n) is 11.7. The summed E-state index contributed by atoms with van der Waals surface area (Å²) >= 11 is 1.46. The molecule has 1 atom stereocenters. The zero-order valence-corrected chi connectivity index (χ0v) is 12.5. The second-order valence-corrected chi connectivity index (χ2v) is 6.15. The predicted octanol–water partition coefficient (Wildman–Crippen LogP) is 0.505. The third-order valence-corrected chi connectivity index (χ3v) is 4.79. The van der Waals surface area contributed by atoms with Gasteiger partial charge in [-0.3, -0.25) is 9.59 Å². The predicted molar refractivity (Wildman–Crippen MR) is 80.9 cm³/mol. The fourth-order valence-corrected chi connectivity index (χ4v) is 3.63. The molecule has 1 unspecified atom stereocenters. The highest BCUT2D eigenvalue weighted by Crippen LogP contribution is 2.24. The van der Waals surface area contributed by atoms with Gasteiger partial charge in [-0.2, -0.15) is 0 Å². The maximum absolute atomic E-state index is 12.5. The van der Waals surface area contributed by atoms with E-state index in [-0.39, 0.29) is 17.9 Å². The van der Waals surface area contributed by atoms with Gasteiger partial charge in [0.15, 0.2) is 0 Å². The first-order valence-electron chi connectivity index (χ1n) is 7.05. The van der Waals surface area contributed by atoms with Gasteiger partial charge in [0.1, 0.15) is 0 Å². The molecular formula is C15H17N3O2S. The van der Waals surface area contributed by atoms with Crippen molar-refractivity contribution in [3.05, 3.63) is 21.9 Å². The second kappa shape index (κ2) is 5.88. The minimum atomic E-state index is 0.0334. The molecule has 2 fully saturated rings. The van der Waals surface area contributed by atoms with E-state index >= 15 is 0 Å². The van der Waals surface area contributed by atoms with Crippen LogP contribution in [0.4, 0.5) is 0 Å². The Balaban J connectivity index is 1.68. The first-order chi connectivity index (χ1) is 10.2.